The Bertz CT molecular complexity index is 427. The van der Waals surface area contributed by atoms with Gasteiger partial charge < -0.3 is 9.84 Å². The van der Waals surface area contributed by atoms with Crippen molar-refractivity contribution in [3.63, 3.8) is 0 Å². The van der Waals surface area contributed by atoms with Gasteiger partial charge in [0.05, 0.1) is 30.3 Å². The van der Waals surface area contributed by atoms with E-state index in [-0.39, 0.29) is 16.9 Å². The summed E-state index contributed by atoms with van der Waals surface area (Å²) < 4.78 is 17.2. The van der Waals surface area contributed by atoms with E-state index in [9.17, 15) is 9.32 Å². The van der Waals surface area contributed by atoms with Crippen molar-refractivity contribution in [2.75, 3.05) is 12.9 Å². The van der Waals surface area contributed by atoms with Crippen LogP contribution in [0.5, 0.6) is 0 Å². The van der Waals surface area contributed by atoms with Gasteiger partial charge >= 0.3 is 0 Å². The molecule has 0 aromatic rings. The molecule has 0 aromatic heterocycles. The molecule has 1 unspecified atom stereocenters. The molecule has 4 heteroatoms. The Morgan fingerprint density at radius 3 is 2.74 bits per heavy atom. The smallest absolute Gasteiger partial charge is 0.0836 e. The number of hydrogen-bond acceptors (Lipinski definition) is 3. The summed E-state index contributed by atoms with van der Waals surface area (Å²) in [6.45, 7) is 8.27. The van der Waals surface area contributed by atoms with Gasteiger partial charge in [0.15, 0.2) is 0 Å². The van der Waals surface area contributed by atoms with Gasteiger partial charge in [0.1, 0.15) is 0 Å². The number of rotatable bonds is 5. The van der Waals surface area contributed by atoms with Crippen molar-refractivity contribution in [2.24, 2.45) is 16.7 Å². The third kappa shape index (κ3) is 2.19. The van der Waals surface area contributed by atoms with Crippen molar-refractivity contribution in [1.82, 2.24) is 0 Å². The molecule has 2 bridgehead atoms. The Morgan fingerprint density at radius 2 is 2.26 bits per heavy atom. The van der Waals surface area contributed by atoms with Crippen LogP contribution in [0.2, 0.25) is 0 Å². The van der Waals surface area contributed by atoms with Crippen molar-refractivity contribution in [3.05, 3.63) is 23.8 Å². The molecule has 2 aliphatic rings. The van der Waals surface area contributed by atoms with Crippen molar-refractivity contribution in [3.8, 4) is 0 Å². The average molecular weight is 284 g/mol. The van der Waals surface area contributed by atoms with Gasteiger partial charge in [-0.1, -0.05) is 20.4 Å². The Morgan fingerprint density at radius 1 is 1.58 bits per heavy atom. The van der Waals surface area contributed by atoms with Crippen LogP contribution in [0.25, 0.3) is 0 Å². The van der Waals surface area contributed by atoms with Gasteiger partial charge in [-0.15, -0.1) is 0 Å². The second-order valence-corrected chi connectivity index (χ2v) is 7.86. The summed E-state index contributed by atoms with van der Waals surface area (Å²) in [4.78, 5) is 0.564. The van der Waals surface area contributed by atoms with Crippen LogP contribution in [0.15, 0.2) is 23.8 Å². The minimum atomic E-state index is -1.16. The summed E-state index contributed by atoms with van der Waals surface area (Å²) in [5.74, 6) is 1.06. The molecule has 3 nitrogen and oxygen atoms in total. The van der Waals surface area contributed by atoms with Crippen molar-refractivity contribution in [2.45, 2.75) is 39.2 Å². The van der Waals surface area contributed by atoms with Crippen LogP contribution >= 0.6 is 0 Å². The van der Waals surface area contributed by atoms with Crippen LogP contribution < -0.4 is 0 Å². The maximum Gasteiger partial charge on any atom is 0.0836 e. The van der Waals surface area contributed by atoms with E-state index < -0.39 is 10.8 Å². The minimum Gasteiger partial charge on any atom is -0.504 e. The molecule has 1 N–H and O–H groups in total. The summed E-state index contributed by atoms with van der Waals surface area (Å²) in [5.41, 5.74) is -0.153. The highest BCUT2D eigenvalue weighted by molar-refractivity contribution is 7.89. The highest BCUT2D eigenvalue weighted by atomic mass is 32.2. The lowest BCUT2D eigenvalue weighted by Gasteiger charge is -2.40. The van der Waals surface area contributed by atoms with Crippen LogP contribution in [-0.4, -0.2) is 28.3 Å². The van der Waals surface area contributed by atoms with E-state index >= 15 is 0 Å². The minimum absolute atomic E-state index is 0.0628. The van der Waals surface area contributed by atoms with E-state index in [4.69, 9.17) is 4.74 Å². The van der Waals surface area contributed by atoms with Crippen LogP contribution in [0, 0.1) is 16.7 Å². The predicted octanol–water partition coefficient (Wildman–Crippen LogP) is 2.60. The highest BCUT2D eigenvalue weighted by Gasteiger charge is 2.64. The number of aliphatic hydroxyl groups excluding tert-OH is 1. The monoisotopic (exact) mass is 284 g/mol. The molecule has 2 saturated carbocycles. The topological polar surface area (TPSA) is 46.5 Å². The lowest BCUT2D eigenvalue weighted by Crippen LogP contribution is -2.43. The van der Waals surface area contributed by atoms with Crippen molar-refractivity contribution in [1.29, 1.82) is 0 Å². The van der Waals surface area contributed by atoms with E-state index in [1.807, 2.05) is 0 Å². The van der Waals surface area contributed by atoms with Gasteiger partial charge in [-0.05, 0) is 36.7 Å². The van der Waals surface area contributed by atoms with Crippen LogP contribution in [0.4, 0.5) is 0 Å². The van der Waals surface area contributed by atoms with Gasteiger partial charge in [-0.2, -0.15) is 0 Å². The molecule has 0 radical (unpaired) electrons. The third-order valence-electron chi connectivity index (χ3n) is 5.46. The van der Waals surface area contributed by atoms with Crippen LogP contribution in [0.1, 0.15) is 33.1 Å². The number of allylic oxidation sites excluding steroid dienone is 1. The molecule has 19 heavy (non-hydrogen) atoms. The zero-order valence-corrected chi connectivity index (χ0v) is 12.8. The molecular weight excluding hydrogens is 260 g/mol. The fourth-order valence-electron chi connectivity index (χ4n) is 3.93. The molecule has 0 aromatic carbocycles. The summed E-state index contributed by atoms with van der Waals surface area (Å²) in [6.07, 6.45) is 5.77. The fraction of sp³-hybridized carbons (Fsp3) is 0.733. The highest BCUT2D eigenvalue weighted by Crippen LogP contribution is 2.66. The molecule has 108 valence electrons. The molecule has 0 aliphatic heterocycles. The molecule has 4 atom stereocenters. The molecule has 0 amide bonds. The maximum absolute atomic E-state index is 12.4. The number of ether oxygens (including phenoxy) is 1. The van der Waals surface area contributed by atoms with Gasteiger partial charge in [-0.25, -0.2) is 0 Å². The van der Waals surface area contributed by atoms with Crippen LogP contribution in [0.3, 0.4) is 0 Å². The summed E-state index contributed by atoms with van der Waals surface area (Å²) in [7, 11) is 0.395. The molecule has 0 heterocycles. The van der Waals surface area contributed by atoms with Crippen molar-refractivity contribution >= 4 is 10.8 Å². The van der Waals surface area contributed by atoms with E-state index in [1.54, 1.807) is 13.2 Å². The first-order valence-electron chi connectivity index (χ1n) is 6.80. The van der Waals surface area contributed by atoms with Gasteiger partial charge in [0, 0.05) is 16.1 Å². The second kappa shape index (κ2) is 5.06. The number of fused-ring (bicyclic) bond motifs is 2. The lowest BCUT2D eigenvalue weighted by molar-refractivity contribution is 0.0162. The summed E-state index contributed by atoms with van der Waals surface area (Å²) in [6, 6.07) is 0. The Labute approximate surface area is 118 Å². The Kier molecular flexibility index (Phi) is 3.94. The van der Waals surface area contributed by atoms with E-state index in [2.05, 4.69) is 20.4 Å². The fourth-order valence-corrected chi connectivity index (χ4v) is 5.50. The number of aliphatic hydroxyl groups is 1. The zero-order chi connectivity index (χ0) is 14.3. The largest absolute Gasteiger partial charge is 0.504 e. The standard InChI is InChI=1S/C15H24O3S/c1-11(6-8-18-4)19(17)10-15-7-5-12(9-13(15)16)14(15,2)3/h6,8,12-13,16H,1,5,7,9-10H2,2-4H3/b8-6+/t12-,13-,15-,19?/m1/s1. The second-order valence-electron chi connectivity index (χ2n) is 6.36. The van der Waals surface area contributed by atoms with Gasteiger partial charge in [-0.3, -0.25) is 4.21 Å². The first kappa shape index (κ1) is 14.8. The predicted molar refractivity (Wildman–Crippen MR) is 77.9 cm³/mol. The van der Waals surface area contributed by atoms with E-state index in [0.717, 1.165) is 19.3 Å². The lowest BCUT2D eigenvalue weighted by atomic mass is 9.70. The first-order chi connectivity index (χ1) is 8.85. The summed E-state index contributed by atoms with van der Waals surface area (Å²) >= 11 is 0. The Hall–Kier alpha value is -0.610. The maximum atomic E-state index is 12.4. The summed E-state index contributed by atoms with van der Waals surface area (Å²) in [5, 5.41) is 10.4. The van der Waals surface area contributed by atoms with E-state index in [1.165, 1.54) is 6.26 Å². The van der Waals surface area contributed by atoms with Crippen molar-refractivity contribution < 1.29 is 14.1 Å². The average Bonchev–Trinajstić information content (AvgIpc) is 2.69. The van der Waals surface area contributed by atoms with Gasteiger partial charge in [0.25, 0.3) is 0 Å². The molecule has 0 saturated heterocycles. The molecule has 0 spiro atoms. The third-order valence-corrected chi connectivity index (χ3v) is 6.96. The molecule has 2 aliphatic carbocycles. The quantitative estimate of drug-likeness (QED) is 0.623. The first-order valence-corrected chi connectivity index (χ1v) is 8.12. The number of hydrogen-bond donors (Lipinski definition) is 1. The molecule has 2 fully saturated rings. The normalized spacial score (nSPS) is 37.7. The van der Waals surface area contributed by atoms with Crippen LogP contribution in [-0.2, 0) is 15.5 Å². The number of methoxy groups -OCH3 is 1. The SMILES string of the molecule is C=C(/C=C/OC)S(=O)C[C@]12CC[C@H](C[C@H]1O)C2(C)C. The van der Waals surface area contributed by atoms with Gasteiger partial charge in [0.2, 0.25) is 0 Å². The molecular formula is C15H24O3S. The zero-order valence-electron chi connectivity index (χ0n) is 12.0. The Balaban J connectivity index is 2.15. The molecule has 2 rings (SSSR count). The van der Waals surface area contributed by atoms with E-state index in [0.29, 0.717) is 16.6 Å².